The SMILES string of the molecule is CC(C)C[SiH](CC(C)C)CC(C)C.ClCCl.O=C(O)C(F)(F)F. The molecule has 0 rings (SSSR count). The molecule has 8 heteroatoms. The topological polar surface area (TPSA) is 37.3 Å². The highest BCUT2D eigenvalue weighted by Gasteiger charge is 2.38. The van der Waals surface area contributed by atoms with Gasteiger partial charge in [0.1, 0.15) is 0 Å². The van der Waals surface area contributed by atoms with E-state index in [-0.39, 0.29) is 5.34 Å². The smallest absolute Gasteiger partial charge is 0.475 e. The molecule has 0 aliphatic rings. The normalized spacial score (nSPS) is 11.3. The van der Waals surface area contributed by atoms with Crippen LogP contribution in [0, 0.1) is 17.8 Å². The standard InChI is InChI=1S/C12H28Si.C2HF3O2.CH2Cl2/c1-10(2)7-13(8-11(3)4)9-12(5)6;3-2(4,5)1(6)7;2-1-3/h10-13H,7-9H2,1-6H3;(H,6,7);1H2. The Morgan fingerprint density at radius 3 is 1.17 bits per heavy atom. The fourth-order valence-electron chi connectivity index (χ4n) is 2.29. The molecule has 23 heavy (non-hydrogen) atoms. The Kier molecular flexibility index (Phi) is 18.9. The fourth-order valence-corrected chi connectivity index (χ4v) is 6.87. The molecule has 0 atom stereocenters. The van der Waals surface area contributed by atoms with Gasteiger partial charge in [0, 0.05) is 8.80 Å². The van der Waals surface area contributed by atoms with Gasteiger partial charge in [-0.1, -0.05) is 59.7 Å². The maximum absolute atomic E-state index is 10.6. The van der Waals surface area contributed by atoms with Gasteiger partial charge in [0.25, 0.3) is 0 Å². The third-order valence-electron chi connectivity index (χ3n) is 2.66. The lowest BCUT2D eigenvalue weighted by molar-refractivity contribution is -0.192. The third kappa shape index (κ3) is 27.2. The van der Waals surface area contributed by atoms with Crippen LogP contribution in [-0.2, 0) is 4.79 Å². The van der Waals surface area contributed by atoms with Crippen molar-refractivity contribution in [2.24, 2.45) is 17.8 Å². The van der Waals surface area contributed by atoms with Crippen molar-refractivity contribution in [3.63, 3.8) is 0 Å². The molecule has 2 nitrogen and oxygen atoms in total. The van der Waals surface area contributed by atoms with Crippen LogP contribution in [-0.4, -0.2) is 31.4 Å². The molecule has 0 saturated heterocycles. The van der Waals surface area contributed by atoms with Crippen LogP contribution in [0.3, 0.4) is 0 Å². The van der Waals surface area contributed by atoms with Crippen LogP contribution in [0.15, 0.2) is 0 Å². The summed E-state index contributed by atoms with van der Waals surface area (Å²) < 4.78 is 31.7. The minimum Gasteiger partial charge on any atom is -0.475 e. The third-order valence-corrected chi connectivity index (χ3v) is 7.49. The van der Waals surface area contributed by atoms with Crippen LogP contribution in [0.5, 0.6) is 0 Å². The zero-order valence-corrected chi connectivity index (χ0v) is 17.5. The van der Waals surface area contributed by atoms with Crippen molar-refractivity contribution in [3.05, 3.63) is 0 Å². The van der Waals surface area contributed by atoms with Crippen molar-refractivity contribution in [3.8, 4) is 0 Å². The van der Waals surface area contributed by atoms with E-state index in [9.17, 15) is 13.2 Å². The average molecular weight is 399 g/mol. The Hall–Kier alpha value is 0.0569. The van der Waals surface area contributed by atoms with E-state index in [1.54, 1.807) is 18.1 Å². The molecule has 0 unspecified atom stereocenters. The van der Waals surface area contributed by atoms with E-state index in [0.717, 1.165) is 17.8 Å². The second kappa shape index (κ2) is 15.6. The highest BCUT2D eigenvalue weighted by Crippen LogP contribution is 2.21. The zero-order chi connectivity index (χ0) is 19.2. The van der Waals surface area contributed by atoms with E-state index >= 15 is 0 Å². The van der Waals surface area contributed by atoms with Gasteiger partial charge in [-0.05, 0) is 17.8 Å². The van der Waals surface area contributed by atoms with Crippen molar-refractivity contribution in [2.45, 2.75) is 65.9 Å². The highest BCUT2D eigenvalue weighted by molar-refractivity contribution is 6.58. The van der Waals surface area contributed by atoms with Crippen molar-refractivity contribution >= 4 is 38.0 Å². The van der Waals surface area contributed by atoms with Crippen molar-refractivity contribution in [2.75, 3.05) is 5.34 Å². The second-order valence-electron chi connectivity index (χ2n) is 6.66. The largest absolute Gasteiger partial charge is 0.490 e. The van der Waals surface area contributed by atoms with E-state index in [2.05, 4.69) is 41.5 Å². The zero-order valence-electron chi connectivity index (χ0n) is 14.9. The van der Waals surface area contributed by atoms with Crippen LogP contribution >= 0.6 is 23.2 Å². The first kappa shape index (κ1) is 27.9. The van der Waals surface area contributed by atoms with Crippen LogP contribution in [0.2, 0.25) is 18.1 Å². The molecule has 0 amide bonds. The minimum atomic E-state index is -5.08. The van der Waals surface area contributed by atoms with Crippen LogP contribution in [0.25, 0.3) is 0 Å². The van der Waals surface area contributed by atoms with E-state index in [1.807, 2.05) is 0 Å². The Morgan fingerprint density at radius 1 is 0.913 bits per heavy atom. The molecule has 0 spiro atoms. The van der Waals surface area contributed by atoms with E-state index in [0.29, 0.717) is 0 Å². The van der Waals surface area contributed by atoms with Crippen LogP contribution in [0.4, 0.5) is 13.2 Å². The molecule has 142 valence electrons. The summed E-state index contributed by atoms with van der Waals surface area (Å²) in [4.78, 5) is 8.90. The molecule has 0 saturated carbocycles. The molecule has 0 aliphatic heterocycles. The van der Waals surface area contributed by atoms with E-state index < -0.39 is 20.9 Å². The summed E-state index contributed by atoms with van der Waals surface area (Å²) in [7, 11) is -0.407. The molecule has 0 bridgehead atoms. The Bertz CT molecular complexity index is 263. The van der Waals surface area contributed by atoms with Crippen LogP contribution in [0.1, 0.15) is 41.5 Å². The van der Waals surface area contributed by atoms with Gasteiger partial charge in [-0.2, -0.15) is 13.2 Å². The van der Waals surface area contributed by atoms with Gasteiger partial charge in [0.2, 0.25) is 0 Å². The summed E-state index contributed by atoms with van der Waals surface area (Å²) in [6, 6.07) is 4.66. The second-order valence-corrected chi connectivity index (χ2v) is 10.6. The lowest BCUT2D eigenvalue weighted by Gasteiger charge is -2.21. The molecule has 0 aromatic rings. The van der Waals surface area contributed by atoms with E-state index in [1.165, 1.54) is 0 Å². The minimum absolute atomic E-state index is 0.194. The van der Waals surface area contributed by atoms with Gasteiger partial charge >= 0.3 is 12.1 Å². The first-order chi connectivity index (χ1) is 10.3. The number of halogens is 5. The van der Waals surface area contributed by atoms with Gasteiger partial charge in [-0.15, -0.1) is 23.2 Å². The van der Waals surface area contributed by atoms with Gasteiger partial charge < -0.3 is 5.11 Å². The van der Waals surface area contributed by atoms with Gasteiger partial charge in [0.05, 0.1) is 5.34 Å². The van der Waals surface area contributed by atoms with E-state index in [4.69, 9.17) is 33.1 Å². The highest BCUT2D eigenvalue weighted by atomic mass is 35.5. The summed E-state index contributed by atoms with van der Waals surface area (Å²) >= 11 is 9.53. The number of hydrogen-bond donors (Lipinski definition) is 1. The van der Waals surface area contributed by atoms with Gasteiger partial charge in [0.15, 0.2) is 0 Å². The molecule has 0 aliphatic carbocycles. The molecule has 0 heterocycles. The first-order valence-electron chi connectivity index (χ1n) is 7.69. The number of hydrogen-bond acceptors (Lipinski definition) is 1. The molecule has 0 fully saturated rings. The number of alkyl halides is 5. The Balaban J connectivity index is -0.000000335. The summed E-state index contributed by atoms with van der Waals surface area (Å²) in [6.07, 6.45) is -5.08. The predicted molar refractivity (Wildman–Crippen MR) is 96.3 cm³/mol. The van der Waals surface area contributed by atoms with Crippen LogP contribution < -0.4 is 0 Å². The Morgan fingerprint density at radius 2 is 1.09 bits per heavy atom. The first-order valence-corrected chi connectivity index (χ1v) is 11.2. The molecule has 0 aromatic heterocycles. The number of rotatable bonds is 6. The number of carboxylic acids is 1. The quantitative estimate of drug-likeness (QED) is 0.424. The molecular formula is C15H31Cl2F3O2Si. The lowest BCUT2D eigenvalue weighted by Crippen LogP contribution is -2.21. The molecule has 0 aromatic carbocycles. The Labute approximate surface area is 150 Å². The summed E-state index contributed by atoms with van der Waals surface area (Å²) in [5.41, 5.74) is 0. The molecular weight excluding hydrogens is 368 g/mol. The summed E-state index contributed by atoms with van der Waals surface area (Å²) in [6.45, 7) is 14.3. The predicted octanol–water partition coefficient (Wildman–Crippen LogP) is 6.24. The van der Waals surface area contributed by atoms with Crippen molar-refractivity contribution < 1.29 is 23.1 Å². The average Bonchev–Trinajstić information content (AvgIpc) is 2.25. The number of carboxylic acid groups (broad SMARTS) is 1. The molecule has 0 radical (unpaired) electrons. The fraction of sp³-hybridized carbons (Fsp3) is 0.933. The summed E-state index contributed by atoms with van der Waals surface area (Å²) in [5, 5.41) is 7.32. The molecule has 1 N–H and O–H groups in total. The maximum Gasteiger partial charge on any atom is 0.490 e. The monoisotopic (exact) mass is 398 g/mol. The summed E-state index contributed by atoms with van der Waals surface area (Å²) in [5.74, 6) is 0.0185. The number of aliphatic carboxylic acids is 1. The van der Waals surface area contributed by atoms with Gasteiger partial charge in [-0.3, -0.25) is 0 Å². The number of carbonyl (C=O) groups is 1. The van der Waals surface area contributed by atoms with Gasteiger partial charge in [-0.25, -0.2) is 4.79 Å². The van der Waals surface area contributed by atoms with Crippen molar-refractivity contribution in [1.29, 1.82) is 0 Å². The maximum atomic E-state index is 10.6. The van der Waals surface area contributed by atoms with Crippen molar-refractivity contribution in [1.82, 2.24) is 0 Å². The lowest BCUT2D eigenvalue weighted by atomic mass is 10.3.